The van der Waals surface area contributed by atoms with Gasteiger partial charge in [-0.3, -0.25) is 4.90 Å². The number of aliphatic hydroxyl groups excluding tert-OH is 1. The number of aliphatic hydroxyl groups is 1. The van der Waals surface area contributed by atoms with Crippen molar-refractivity contribution in [2.75, 3.05) is 53.0 Å². The lowest BCUT2D eigenvalue weighted by Gasteiger charge is -2.35. The molecule has 1 atom stereocenters. The molecule has 1 aliphatic heterocycles. The molecule has 1 N–H and O–H groups in total. The molecule has 1 heterocycles. The monoisotopic (exact) mass is 320 g/mol. The number of likely N-dealkylation sites (N-methyl/N-ethyl adjacent to an activating group) is 1. The Morgan fingerprint density at radius 1 is 1.13 bits per heavy atom. The molecule has 1 fully saturated rings. The summed E-state index contributed by atoms with van der Waals surface area (Å²) >= 11 is 0. The Balaban J connectivity index is 1.89. The van der Waals surface area contributed by atoms with Gasteiger partial charge in [-0.2, -0.15) is 0 Å². The Kier molecular flexibility index (Phi) is 8.61. The van der Waals surface area contributed by atoms with Gasteiger partial charge in [0, 0.05) is 32.3 Å². The summed E-state index contributed by atoms with van der Waals surface area (Å²) in [6.45, 7) is 6.04. The summed E-state index contributed by atoms with van der Waals surface area (Å²) in [5.74, 6) is 0. The topological polar surface area (TPSA) is 35.9 Å². The molecule has 0 radical (unpaired) electrons. The van der Waals surface area contributed by atoms with E-state index in [4.69, 9.17) is 9.84 Å². The summed E-state index contributed by atoms with van der Waals surface area (Å²) in [6.07, 6.45) is 4.76. The van der Waals surface area contributed by atoms with Crippen molar-refractivity contribution >= 4 is 0 Å². The lowest BCUT2D eigenvalue weighted by molar-refractivity contribution is 0.0762. The van der Waals surface area contributed by atoms with Crippen LogP contribution in [0, 0.1) is 0 Å². The summed E-state index contributed by atoms with van der Waals surface area (Å²) in [4.78, 5) is 5.01. The van der Waals surface area contributed by atoms with E-state index in [-0.39, 0.29) is 6.61 Å². The van der Waals surface area contributed by atoms with E-state index < -0.39 is 0 Å². The van der Waals surface area contributed by atoms with E-state index in [1.54, 1.807) is 0 Å². The second-order valence-electron chi connectivity index (χ2n) is 6.46. The molecule has 1 aliphatic rings. The van der Waals surface area contributed by atoms with Crippen LogP contribution in [0.2, 0.25) is 0 Å². The van der Waals surface area contributed by atoms with Crippen LogP contribution >= 0.6 is 0 Å². The molecule has 130 valence electrons. The Morgan fingerprint density at radius 3 is 2.57 bits per heavy atom. The first-order valence-electron chi connectivity index (χ1n) is 8.97. The normalized spacial score (nSPS) is 17.5. The van der Waals surface area contributed by atoms with Crippen molar-refractivity contribution in [1.29, 1.82) is 0 Å². The van der Waals surface area contributed by atoms with E-state index in [1.807, 2.05) is 0 Å². The number of hydrogen-bond acceptors (Lipinski definition) is 4. The van der Waals surface area contributed by atoms with Crippen LogP contribution in [0.5, 0.6) is 0 Å². The van der Waals surface area contributed by atoms with Crippen molar-refractivity contribution in [3.63, 3.8) is 0 Å². The summed E-state index contributed by atoms with van der Waals surface area (Å²) in [5.41, 5.74) is 1.39. The van der Waals surface area contributed by atoms with Crippen LogP contribution < -0.4 is 0 Å². The van der Waals surface area contributed by atoms with Crippen LogP contribution in [0.1, 0.15) is 37.3 Å². The molecule has 0 aromatic heterocycles. The van der Waals surface area contributed by atoms with E-state index in [1.165, 1.54) is 37.9 Å². The van der Waals surface area contributed by atoms with Crippen LogP contribution in [-0.2, 0) is 4.74 Å². The van der Waals surface area contributed by atoms with Crippen molar-refractivity contribution in [1.82, 2.24) is 9.80 Å². The van der Waals surface area contributed by atoms with Crippen LogP contribution in [0.3, 0.4) is 0 Å². The number of nitrogens with zero attached hydrogens (tertiary/aromatic N) is 2. The summed E-state index contributed by atoms with van der Waals surface area (Å²) in [7, 11) is 2.19. The number of ether oxygens (including phenoxy) is 1. The van der Waals surface area contributed by atoms with Gasteiger partial charge in [0.15, 0.2) is 0 Å². The third-order valence-corrected chi connectivity index (χ3v) is 4.63. The predicted octanol–water partition coefficient (Wildman–Crippen LogP) is 2.54. The third-order valence-electron chi connectivity index (χ3n) is 4.63. The van der Waals surface area contributed by atoms with E-state index in [2.05, 4.69) is 47.2 Å². The Bertz CT molecular complexity index is 407. The van der Waals surface area contributed by atoms with Crippen molar-refractivity contribution in [2.24, 2.45) is 0 Å². The highest BCUT2D eigenvalue weighted by molar-refractivity contribution is 5.19. The van der Waals surface area contributed by atoms with Gasteiger partial charge < -0.3 is 14.7 Å². The minimum atomic E-state index is 0.206. The summed E-state index contributed by atoms with van der Waals surface area (Å²) < 4.78 is 5.61. The quantitative estimate of drug-likeness (QED) is 0.672. The molecule has 0 spiro atoms. The summed E-state index contributed by atoms with van der Waals surface area (Å²) in [6, 6.07) is 11.2. The fourth-order valence-electron chi connectivity index (χ4n) is 3.19. The van der Waals surface area contributed by atoms with Gasteiger partial charge in [-0.15, -0.1) is 0 Å². The fourth-order valence-corrected chi connectivity index (χ4v) is 3.19. The van der Waals surface area contributed by atoms with Gasteiger partial charge >= 0.3 is 0 Å². The number of rotatable bonds is 10. The highest BCUT2D eigenvalue weighted by Crippen LogP contribution is 2.22. The van der Waals surface area contributed by atoms with Gasteiger partial charge in [-0.1, -0.05) is 36.8 Å². The zero-order chi connectivity index (χ0) is 16.3. The Labute approximate surface area is 141 Å². The lowest BCUT2D eigenvalue weighted by Crippen LogP contribution is -2.40. The molecule has 2 rings (SSSR count). The van der Waals surface area contributed by atoms with Crippen LogP contribution in [0.15, 0.2) is 30.3 Å². The summed E-state index contributed by atoms with van der Waals surface area (Å²) in [5, 5.41) is 8.80. The molecular weight excluding hydrogens is 288 g/mol. The van der Waals surface area contributed by atoms with Crippen molar-refractivity contribution in [3.05, 3.63) is 35.9 Å². The van der Waals surface area contributed by atoms with Crippen molar-refractivity contribution < 1.29 is 9.84 Å². The largest absolute Gasteiger partial charge is 0.396 e. The molecule has 1 unspecified atom stereocenters. The van der Waals surface area contributed by atoms with Gasteiger partial charge in [0.25, 0.3) is 0 Å². The van der Waals surface area contributed by atoms with Crippen molar-refractivity contribution in [2.45, 2.75) is 31.7 Å². The smallest absolute Gasteiger partial charge is 0.0593 e. The first kappa shape index (κ1) is 18.4. The maximum absolute atomic E-state index is 8.80. The molecule has 0 aliphatic carbocycles. The zero-order valence-electron chi connectivity index (χ0n) is 14.5. The van der Waals surface area contributed by atoms with E-state index in [0.29, 0.717) is 12.6 Å². The van der Waals surface area contributed by atoms with E-state index in [0.717, 1.165) is 26.1 Å². The average Bonchev–Trinajstić information content (AvgIpc) is 2.61. The highest BCUT2D eigenvalue weighted by atomic mass is 16.5. The van der Waals surface area contributed by atoms with E-state index in [9.17, 15) is 0 Å². The number of likely N-dealkylation sites (tertiary alicyclic amines) is 1. The maximum atomic E-state index is 8.80. The molecule has 1 aromatic rings. The van der Waals surface area contributed by atoms with Gasteiger partial charge in [0.2, 0.25) is 0 Å². The molecule has 0 bridgehead atoms. The molecule has 23 heavy (non-hydrogen) atoms. The van der Waals surface area contributed by atoms with Crippen LogP contribution in [0.4, 0.5) is 0 Å². The maximum Gasteiger partial charge on any atom is 0.0593 e. The molecule has 0 saturated carbocycles. The minimum absolute atomic E-state index is 0.206. The Hall–Kier alpha value is -0.940. The lowest BCUT2D eigenvalue weighted by atomic mass is 10.0. The molecule has 0 amide bonds. The molecular formula is C19H32N2O2. The number of hydrogen-bond donors (Lipinski definition) is 1. The SMILES string of the molecule is CN(CCOCCCO)C(CN1CCCCC1)c1ccccc1. The standard InChI is InChI=1S/C19H32N2O2/c1-20(13-16-23-15-8-14-22)19(18-9-4-2-5-10-18)17-21-11-6-3-7-12-21/h2,4-5,9-10,19,22H,3,6-8,11-17H2,1H3. The Morgan fingerprint density at radius 2 is 1.87 bits per heavy atom. The van der Waals surface area contributed by atoms with Gasteiger partial charge in [0.05, 0.1) is 6.61 Å². The third kappa shape index (κ3) is 6.60. The van der Waals surface area contributed by atoms with Gasteiger partial charge in [0.1, 0.15) is 0 Å². The first-order valence-corrected chi connectivity index (χ1v) is 8.97. The minimum Gasteiger partial charge on any atom is -0.396 e. The first-order chi connectivity index (χ1) is 11.3. The second kappa shape index (κ2) is 10.8. The average molecular weight is 320 g/mol. The number of piperidine rings is 1. The van der Waals surface area contributed by atoms with E-state index >= 15 is 0 Å². The predicted molar refractivity (Wildman–Crippen MR) is 94.6 cm³/mol. The molecule has 4 nitrogen and oxygen atoms in total. The van der Waals surface area contributed by atoms with Crippen LogP contribution in [0.25, 0.3) is 0 Å². The van der Waals surface area contributed by atoms with Gasteiger partial charge in [-0.25, -0.2) is 0 Å². The van der Waals surface area contributed by atoms with Gasteiger partial charge in [-0.05, 0) is 45.0 Å². The molecule has 1 saturated heterocycles. The second-order valence-corrected chi connectivity index (χ2v) is 6.46. The zero-order valence-corrected chi connectivity index (χ0v) is 14.5. The highest BCUT2D eigenvalue weighted by Gasteiger charge is 2.21. The molecule has 1 aromatic carbocycles. The van der Waals surface area contributed by atoms with Crippen molar-refractivity contribution in [3.8, 4) is 0 Å². The molecule has 4 heteroatoms. The fraction of sp³-hybridized carbons (Fsp3) is 0.684. The van der Waals surface area contributed by atoms with Crippen LogP contribution in [-0.4, -0.2) is 68.0 Å². The number of benzene rings is 1.